The van der Waals surface area contributed by atoms with E-state index in [2.05, 4.69) is 5.10 Å². The molecule has 0 spiro atoms. The van der Waals surface area contributed by atoms with Crippen molar-refractivity contribution in [3.8, 4) is 11.5 Å². The fourth-order valence-corrected chi connectivity index (χ4v) is 2.14. The van der Waals surface area contributed by atoms with E-state index in [9.17, 15) is 4.39 Å². The van der Waals surface area contributed by atoms with E-state index in [4.69, 9.17) is 15.6 Å². The van der Waals surface area contributed by atoms with Crippen LogP contribution in [0.5, 0.6) is 11.5 Å². The first-order chi connectivity index (χ1) is 10.2. The summed E-state index contributed by atoms with van der Waals surface area (Å²) in [4.78, 5) is 0. The number of hydrogen-bond acceptors (Lipinski definition) is 4. The van der Waals surface area contributed by atoms with Gasteiger partial charge in [-0.25, -0.2) is 4.39 Å². The summed E-state index contributed by atoms with van der Waals surface area (Å²) in [6.45, 7) is 0.468. The Morgan fingerprint density at radius 3 is 2.86 bits per heavy atom. The number of nitrogen functional groups attached to an aromatic ring is 1. The van der Waals surface area contributed by atoms with Gasteiger partial charge in [0.25, 0.3) is 0 Å². The summed E-state index contributed by atoms with van der Waals surface area (Å²) in [7, 11) is 0. The molecule has 0 radical (unpaired) electrons. The van der Waals surface area contributed by atoms with E-state index in [0.717, 1.165) is 10.9 Å². The molecule has 0 fully saturated rings. The van der Waals surface area contributed by atoms with Crippen LogP contribution >= 0.6 is 0 Å². The fourth-order valence-electron chi connectivity index (χ4n) is 2.14. The molecule has 3 rings (SSSR count). The third kappa shape index (κ3) is 2.66. The number of rotatable bonds is 4. The Morgan fingerprint density at radius 2 is 2.10 bits per heavy atom. The molecule has 1 heterocycles. The van der Waals surface area contributed by atoms with Crippen molar-refractivity contribution < 1.29 is 14.2 Å². The van der Waals surface area contributed by atoms with Crippen molar-refractivity contribution in [1.29, 1.82) is 0 Å². The van der Waals surface area contributed by atoms with Gasteiger partial charge in [-0.3, -0.25) is 4.68 Å². The molecule has 2 aromatic carbocycles. The maximum Gasteiger partial charge on any atom is 0.150 e. The number of fused-ring (bicyclic) bond motifs is 1. The van der Waals surface area contributed by atoms with Crippen LogP contribution in [-0.2, 0) is 6.54 Å². The molecule has 21 heavy (non-hydrogen) atoms. The Hall–Kier alpha value is -2.60. The summed E-state index contributed by atoms with van der Waals surface area (Å²) in [5, 5.41) is 14.0. The quantitative estimate of drug-likeness (QED) is 0.723. The molecule has 6 heteroatoms. The number of aromatic nitrogens is 2. The van der Waals surface area contributed by atoms with Crippen LogP contribution < -0.4 is 10.5 Å². The second-order valence-corrected chi connectivity index (χ2v) is 4.60. The zero-order valence-electron chi connectivity index (χ0n) is 11.2. The minimum atomic E-state index is -0.402. The van der Waals surface area contributed by atoms with Crippen molar-refractivity contribution in [2.75, 3.05) is 12.3 Å². The Labute approximate surface area is 120 Å². The molecular weight excluding hydrogens is 273 g/mol. The predicted octanol–water partition coefficient (Wildman–Crippen LogP) is 2.54. The molecule has 0 amide bonds. The monoisotopic (exact) mass is 287 g/mol. The molecule has 0 atom stereocenters. The molecule has 3 aromatic rings. The van der Waals surface area contributed by atoms with Crippen molar-refractivity contribution >= 4 is 16.6 Å². The van der Waals surface area contributed by atoms with Gasteiger partial charge in [0.2, 0.25) is 0 Å². The fraction of sp³-hybridized carbons (Fsp3) is 0.133. The van der Waals surface area contributed by atoms with E-state index in [1.165, 1.54) is 18.2 Å². The van der Waals surface area contributed by atoms with Gasteiger partial charge in [-0.05, 0) is 30.3 Å². The number of aliphatic hydroxyl groups excluding tert-OH is 1. The highest BCUT2D eigenvalue weighted by Gasteiger charge is 2.07. The average Bonchev–Trinajstić information content (AvgIpc) is 2.85. The van der Waals surface area contributed by atoms with Crippen molar-refractivity contribution in [3.05, 3.63) is 48.4 Å². The van der Waals surface area contributed by atoms with Gasteiger partial charge >= 0.3 is 0 Å². The molecule has 0 unspecified atom stereocenters. The number of nitrogens with zero attached hydrogens (tertiary/aromatic N) is 2. The number of nitrogens with two attached hydrogens (primary N) is 1. The molecule has 0 bridgehead atoms. The summed E-state index contributed by atoms with van der Waals surface area (Å²) in [6, 6.07) is 9.45. The number of benzene rings is 2. The third-order valence-corrected chi connectivity index (χ3v) is 3.12. The topological polar surface area (TPSA) is 73.3 Å². The van der Waals surface area contributed by atoms with Gasteiger partial charge in [0, 0.05) is 11.5 Å². The van der Waals surface area contributed by atoms with E-state index >= 15 is 0 Å². The van der Waals surface area contributed by atoms with Crippen LogP contribution in [-0.4, -0.2) is 21.5 Å². The molecule has 5 nitrogen and oxygen atoms in total. The van der Waals surface area contributed by atoms with Gasteiger partial charge in [-0.15, -0.1) is 0 Å². The Balaban J connectivity index is 1.91. The summed E-state index contributed by atoms with van der Waals surface area (Å²) in [5.41, 5.74) is 6.86. The number of aliphatic hydroxyl groups is 1. The van der Waals surface area contributed by atoms with Crippen LogP contribution in [0.2, 0.25) is 0 Å². The predicted molar refractivity (Wildman–Crippen MR) is 77.7 cm³/mol. The number of ether oxygens (including phenoxy) is 1. The number of halogens is 1. The Kier molecular flexibility index (Phi) is 3.45. The Bertz CT molecular complexity index is 786. The lowest BCUT2D eigenvalue weighted by molar-refractivity contribution is 0.271. The average molecular weight is 287 g/mol. The SMILES string of the molecule is Nc1cc(F)ccc1Oc1ccc2c(cnn2CCO)c1. The second-order valence-electron chi connectivity index (χ2n) is 4.60. The smallest absolute Gasteiger partial charge is 0.150 e. The molecule has 3 N–H and O–H groups in total. The summed E-state index contributed by atoms with van der Waals surface area (Å²) >= 11 is 0. The van der Waals surface area contributed by atoms with Gasteiger partial charge < -0.3 is 15.6 Å². The van der Waals surface area contributed by atoms with Crippen LogP contribution in [0.3, 0.4) is 0 Å². The first-order valence-electron chi connectivity index (χ1n) is 6.46. The highest BCUT2D eigenvalue weighted by atomic mass is 19.1. The zero-order chi connectivity index (χ0) is 14.8. The van der Waals surface area contributed by atoms with Crippen LogP contribution in [0.1, 0.15) is 0 Å². The van der Waals surface area contributed by atoms with Crippen LogP contribution in [0.15, 0.2) is 42.6 Å². The minimum absolute atomic E-state index is 0.0289. The van der Waals surface area contributed by atoms with Gasteiger partial charge in [-0.1, -0.05) is 0 Å². The molecule has 1 aromatic heterocycles. The summed E-state index contributed by atoms with van der Waals surface area (Å²) < 4.78 is 20.4. The van der Waals surface area contributed by atoms with Gasteiger partial charge in [-0.2, -0.15) is 5.10 Å². The lowest BCUT2D eigenvalue weighted by Gasteiger charge is -2.08. The first-order valence-corrected chi connectivity index (χ1v) is 6.46. The lowest BCUT2D eigenvalue weighted by atomic mass is 10.2. The molecule has 0 aliphatic heterocycles. The zero-order valence-corrected chi connectivity index (χ0v) is 11.2. The van der Waals surface area contributed by atoms with E-state index < -0.39 is 5.82 Å². The standard InChI is InChI=1S/C15H14FN3O2/c16-11-1-4-15(13(17)8-11)21-12-2-3-14-10(7-12)9-18-19(14)5-6-20/h1-4,7-9,20H,5-6,17H2. The minimum Gasteiger partial charge on any atom is -0.455 e. The maximum absolute atomic E-state index is 13.0. The normalized spacial score (nSPS) is 11.0. The van der Waals surface area contributed by atoms with Crippen LogP contribution in [0.4, 0.5) is 10.1 Å². The van der Waals surface area contributed by atoms with Crippen LogP contribution in [0.25, 0.3) is 10.9 Å². The Morgan fingerprint density at radius 1 is 1.24 bits per heavy atom. The highest BCUT2D eigenvalue weighted by Crippen LogP contribution is 2.29. The molecule has 108 valence electrons. The highest BCUT2D eigenvalue weighted by molar-refractivity contribution is 5.80. The van der Waals surface area contributed by atoms with E-state index in [1.807, 2.05) is 12.1 Å². The maximum atomic E-state index is 13.0. The molecule has 0 saturated heterocycles. The number of anilines is 1. The van der Waals surface area contributed by atoms with Gasteiger partial charge in [0.1, 0.15) is 11.6 Å². The second kappa shape index (κ2) is 5.41. The van der Waals surface area contributed by atoms with Crippen molar-refractivity contribution in [3.63, 3.8) is 0 Å². The third-order valence-electron chi connectivity index (χ3n) is 3.12. The van der Waals surface area contributed by atoms with Crippen molar-refractivity contribution in [2.24, 2.45) is 0 Å². The number of hydrogen-bond donors (Lipinski definition) is 2. The molecule has 0 saturated carbocycles. The van der Waals surface area contributed by atoms with E-state index in [1.54, 1.807) is 16.9 Å². The van der Waals surface area contributed by atoms with E-state index in [0.29, 0.717) is 18.0 Å². The van der Waals surface area contributed by atoms with E-state index in [-0.39, 0.29) is 12.3 Å². The largest absolute Gasteiger partial charge is 0.455 e. The van der Waals surface area contributed by atoms with Crippen LogP contribution in [0, 0.1) is 5.82 Å². The summed E-state index contributed by atoms with van der Waals surface area (Å²) in [5.74, 6) is 0.587. The van der Waals surface area contributed by atoms with Gasteiger partial charge in [0.05, 0.1) is 30.6 Å². The molecule has 0 aliphatic carbocycles. The molecular formula is C15H14FN3O2. The van der Waals surface area contributed by atoms with Crippen molar-refractivity contribution in [1.82, 2.24) is 9.78 Å². The van der Waals surface area contributed by atoms with Crippen molar-refractivity contribution in [2.45, 2.75) is 6.54 Å². The summed E-state index contributed by atoms with van der Waals surface area (Å²) in [6.07, 6.45) is 1.70. The first kappa shape index (κ1) is 13.4. The molecule has 0 aliphatic rings. The van der Waals surface area contributed by atoms with Gasteiger partial charge in [0.15, 0.2) is 5.75 Å². The lowest BCUT2D eigenvalue weighted by Crippen LogP contribution is -2.03.